The molecule has 1 aliphatic rings. The van der Waals surface area contributed by atoms with Crippen LogP contribution in [0.15, 0.2) is 42.1 Å². The first-order chi connectivity index (χ1) is 13.0. The van der Waals surface area contributed by atoms with Gasteiger partial charge in [-0.2, -0.15) is 13.2 Å². The number of rotatable bonds is 3. The summed E-state index contributed by atoms with van der Waals surface area (Å²) in [6, 6.07) is 7.64. The topological polar surface area (TPSA) is 54.0 Å². The van der Waals surface area contributed by atoms with Crippen molar-refractivity contribution in [2.75, 3.05) is 5.32 Å². The predicted molar refractivity (Wildman–Crippen MR) is 104 cm³/mol. The van der Waals surface area contributed by atoms with Crippen LogP contribution in [0, 0.1) is 5.41 Å². The molecule has 2 N–H and O–H groups in total. The zero-order chi connectivity index (χ0) is 20.5. The number of hydrogen-bond acceptors (Lipinski definition) is 3. The van der Waals surface area contributed by atoms with E-state index in [0.717, 1.165) is 31.0 Å². The maximum atomic E-state index is 13.2. The number of anilines is 1. The lowest BCUT2D eigenvalue weighted by molar-refractivity contribution is -0.140. The summed E-state index contributed by atoms with van der Waals surface area (Å²) in [5.74, 6) is -0.0758. The van der Waals surface area contributed by atoms with E-state index in [1.54, 1.807) is 24.3 Å². The van der Waals surface area contributed by atoms with Gasteiger partial charge < -0.3 is 10.6 Å². The zero-order valence-electron chi connectivity index (χ0n) is 16.2. The Morgan fingerprint density at radius 2 is 1.89 bits per heavy atom. The molecule has 0 radical (unpaired) electrons. The Bertz CT molecular complexity index is 913. The van der Waals surface area contributed by atoms with Gasteiger partial charge in [-0.1, -0.05) is 39.0 Å². The summed E-state index contributed by atoms with van der Waals surface area (Å²) in [5, 5.41) is 6.78. The minimum Gasteiger partial charge on any atom is -0.378 e. The first kappa shape index (κ1) is 20.2. The largest absolute Gasteiger partial charge is 0.433 e. The fourth-order valence-electron chi connectivity index (χ4n) is 3.11. The summed E-state index contributed by atoms with van der Waals surface area (Å²) in [4.78, 5) is 16.0. The van der Waals surface area contributed by atoms with Crippen molar-refractivity contribution >= 4 is 22.5 Å². The quantitative estimate of drug-likeness (QED) is 0.750. The molecule has 0 bridgehead atoms. The van der Waals surface area contributed by atoms with Gasteiger partial charge >= 0.3 is 6.18 Å². The molecule has 0 aliphatic heterocycles. The molecule has 1 aliphatic carbocycles. The lowest BCUT2D eigenvalue weighted by Gasteiger charge is -2.26. The standard InChI is InChI=1S/C21H24F3N3O/c1-20(2,3)19(28)26-14-8-6-7-13(11-14)25-17-12-18(21(22,23)24)27-16-10-5-4-9-15(16)17/h4-5,9-13H,6-8H2,1-3H3,(H,25,27)(H,26,28)/t13-/m0/s1. The monoisotopic (exact) mass is 391 g/mol. The van der Waals surface area contributed by atoms with Crippen LogP contribution in [0.25, 0.3) is 10.9 Å². The molecule has 1 aromatic carbocycles. The lowest BCUT2D eigenvalue weighted by atomic mass is 9.94. The van der Waals surface area contributed by atoms with Gasteiger partial charge in [-0.05, 0) is 37.5 Å². The van der Waals surface area contributed by atoms with Crippen molar-refractivity contribution < 1.29 is 18.0 Å². The van der Waals surface area contributed by atoms with Crippen LogP contribution < -0.4 is 10.6 Å². The number of carbonyl (C=O) groups excluding carboxylic acids is 1. The van der Waals surface area contributed by atoms with E-state index in [4.69, 9.17) is 0 Å². The number of aromatic nitrogens is 1. The third-order valence-corrected chi connectivity index (χ3v) is 4.67. The number of carbonyl (C=O) groups is 1. The third-order valence-electron chi connectivity index (χ3n) is 4.67. The minimum atomic E-state index is -4.52. The number of amides is 1. The van der Waals surface area contributed by atoms with E-state index in [2.05, 4.69) is 15.6 Å². The van der Waals surface area contributed by atoms with Crippen LogP contribution in [0.3, 0.4) is 0 Å². The maximum Gasteiger partial charge on any atom is 0.433 e. The van der Waals surface area contributed by atoms with Gasteiger partial charge in [-0.3, -0.25) is 4.79 Å². The van der Waals surface area contributed by atoms with E-state index in [-0.39, 0.29) is 11.9 Å². The molecule has 1 heterocycles. The van der Waals surface area contributed by atoms with Gasteiger partial charge in [-0.15, -0.1) is 0 Å². The molecule has 0 saturated heterocycles. The van der Waals surface area contributed by atoms with Crippen molar-refractivity contribution in [2.24, 2.45) is 5.41 Å². The SMILES string of the molecule is CC(C)(C)C(=O)NC1=C[C@@H](Nc2cc(C(F)(F)F)nc3ccccc23)CCC1. The van der Waals surface area contributed by atoms with Crippen LogP contribution in [0.1, 0.15) is 45.7 Å². The average molecular weight is 391 g/mol. The number of nitrogens with one attached hydrogen (secondary N) is 2. The highest BCUT2D eigenvalue weighted by Crippen LogP contribution is 2.34. The minimum absolute atomic E-state index is 0.0758. The van der Waals surface area contributed by atoms with E-state index in [1.807, 2.05) is 26.8 Å². The number of hydrogen-bond donors (Lipinski definition) is 2. The molecular weight excluding hydrogens is 367 g/mol. The summed E-state index contributed by atoms with van der Waals surface area (Å²) in [6.45, 7) is 5.51. The zero-order valence-corrected chi connectivity index (χ0v) is 16.2. The molecule has 0 saturated carbocycles. The first-order valence-corrected chi connectivity index (χ1v) is 9.30. The molecular formula is C21H24F3N3O. The second kappa shape index (κ2) is 7.45. The van der Waals surface area contributed by atoms with E-state index >= 15 is 0 Å². The van der Waals surface area contributed by atoms with Crippen molar-refractivity contribution in [1.82, 2.24) is 10.3 Å². The Morgan fingerprint density at radius 1 is 1.18 bits per heavy atom. The Balaban J connectivity index is 1.89. The van der Waals surface area contributed by atoms with Crippen LogP contribution in [0.5, 0.6) is 0 Å². The van der Waals surface area contributed by atoms with E-state index in [1.165, 1.54) is 0 Å². The highest BCUT2D eigenvalue weighted by molar-refractivity contribution is 5.91. The number of halogens is 3. The summed E-state index contributed by atoms with van der Waals surface area (Å²) < 4.78 is 39.7. The predicted octanol–water partition coefficient (Wildman–Crippen LogP) is 5.26. The van der Waals surface area contributed by atoms with Crippen LogP contribution in [-0.2, 0) is 11.0 Å². The Morgan fingerprint density at radius 3 is 2.57 bits per heavy atom. The molecule has 1 aromatic heterocycles. The molecule has 28 heavy (non-hydrogen) atoms. The molecule has 0 spiro atoms. The summed E-state index contributed by atoms with van der Waals surface area (Å²) in [6.07, 6.45) is -0.273. The fourth-order valence-corrected chi connectivity index (χ4v) is 3.11. The molecule has 1 amide bonds. The summed E-state index contributed by atoms with van der Waals surface area (Å²) in [5.41, 5.74) is 0.0562. The van der Waals surface area contributed by atoms with Crippen LogP contribution in [0.2, 0.25) is 0 Å². The van der Waals surface area contributed by atoms with Crippen molar-refractivity contribution in [2.45, 2.75) is 52.3 Å². The number of pyridine rings is 1. The fraction of sp³-hybridized carbons (Fsp3) is 0.429. The second-order valence-corrected chi connectivity index (χ2v) is 8.11. The molecule has 4 nitrogen and oxygen atoms in total. The number of fused-ring (bicyclic) bond motifs is 1. The molecule has 150 valence electrons. The number of alkyl halides is 3. The van der Waals surface area contributed by atoms with Gasteiger partial charge in [0.2, 0.25) is 5.91 Å². The van der Waals surface area contributed by atoms with Crippen molar-refractivity contribution in [1.29, 1.82) is 0 Å². The van der Waals surface area contributed by atoms with Crippen LogP contribution in [-0.4, -0.2) is 16.9 Å². The highest BCUT2D eigenvalue weighted by Gasteiger charge is 2.33. The number of para-hydroxylation sites is 1. The summed E-state index contributed by atoms with van der Waals surface area (Å²) in [7, 11) is 0. The molecule has 2 aromatic rings. The Kier molecular flexibility index (Phi) is 5.37. The van der Waals surface area contributed by atoms with Gasteiger partial charge in [-0.25, -0.2) is 4.98 Å². The molecule has 0 unspecified atom stereocenters. The smallest absolute Gasteiger partial charge is 0.378 e. The molecule has 1 atom stereocenters. The normalized spacial score (nSPS) is 17.9. The van der Waals surface area contributed by atoms with Crippen LogP contribution in [0.4, 0.5) is 18.9 Å². The molecule has 3 rings (SSSR count). The summed E-state index contributed by atoms with van der Waals surface area (Å²) >= 11 is 0. The van der Waals surface area contributed by atoms with E-state index in [9.17, 15) is 18.0 Å². The van der Waals surface area contributed by atoms with Gasteiger partial charge in [0.25, 0.3) is 0 Å². The number of benzene rings is 1. The molecule has 0 fully saturated rings. The van der Waals surface area contributed by atoms with Gasteiger partial charge in [0, 0.05) is 28.2 Å². The van der Waals surface area contributed by atoms with Crippen molar-refractivity contribution in [3.05, 3.63) is 47.8 Å². The van der Waals surface area contributed by atoms with Crippen LogP contribution >= 0.6 is 0 Å². The lowest BCUT2D eigenvalue weighted by Crippen LogP contribution is -2.36. The van der Waals surface area contributed by atoms with Gasteiger partial charge in [0.1, 0.15) is 5.69 Å². The third kappa shape index (κ3) is 4.64. The molecule has 7 heteroatoms. The maximum absolute atomic E-state index is 13.2. The first-order valence-electron chi connectivity index (χ1n) is 9.30. The second-order valence-electron chi connectivity index (χ2n) is 8.11. The van der Waals surface area contributed by atoms with Gasteiger partial charge in [0.15, 0.2) is 0 Å². The average Bonchev–Trinajstić information content (AvgIpc) is 2.60. The Hall–Kier alpha value is -2.57. The van der Waals surface area contributed by atoms with Crippen molar-refractivity contribution in [3.63, 3.8) is 0 Å². The Labute approximate surface area is 162 Å². The van der Waals surface area contributed by atoms with E-state index < -0.39 is 17.3 Å². The van der Waals surface area contributed by atoms with Crippen molar-refractivity contribution in [3.8, 4) is 0 Å². The highest BCUT2D eigenvalue weighted by atomic mass is 19.4. The number of nitrogens with zero attached hydrogens (tertiary/aromatic N) is 1. The van der Waals surface area contributed by atoms with E-state index in [0.29, 0.717) is 16.6 Å². The number of allylic oxidation sites excluding steroid dienone is 1. The van der Waals surface area contributed by atoms with Gasteiger partial charge in [0.05, 0.1) is 5.52 Å².